The van der Waals surface area contributed by atoms with Gasteiger partial charge in [-0.05, 0) is 45.9 Å². The highest BCUT2D eigenvalue weighted by molar-refractivity contribution is 5.66. The summed E-state index contributed by atoms with van der Waals surface area (Å²) in [7, 11) is 5.35. The van der Waals surface area contributed by atoms with E-state index in [0.29, 0.717) is 0 Å². The Kier molecular flexibility index (Phi) is 5.06. The van der Waals surface area contributed by atoms with Crippen molar-refractivity contribution in [2.24, 2.45) is 0 Å². The van der Waals surface area contributed by atoms with Crippen LogP contribution in [-0.4, -0.2) is 33.4 Å². The van der Waals surface area contributed by atoms with Gasteiger partial charge in [-0.2, -0.15) is 0 Å². The summed E-state index contributed by atoms with van der Waals surface area (Å²) in [6.45, 7) is 9.17. The van der Waals surface area contributed by atoms with Crippen molar-refractivity contribution < 1.29 is 9.47 Å². The maximum atomic E-state index is 5.52. The van der Waals surface area contributed by atoms with Crippen LogP contribution in [0.3, 0.4) is 0 Å². The van der Waals surface area contributed by atoms with Crippen molar-refractivity contribution in [1.29, 1.82) is 0 Å². The fraction of sp³-hybridized carbons (Fsp3) is 0.600. The number of likely N-dealkylation sites (N-methyl/N-ethyl adjacent to an activating group) is 1. The maximum absolute atomic E-state index is 5.52. The summed E-state index contributed by atoms with van der Waals surface area (Å²) in [4.78, 5) is 0. The number of methoxy groups -OCH3 is 2. The average Bonchev–Trinajstić information content (AvgIpc) is 2.40. The molecule has 4 heteroatoms. The molecule has 1 rings (SSSR count). The van der Waals surface area contributed by atoms with Gasteiger partial charge >= 0.3 is 0 Å². The lowest BCUT2D eigenvalue weighted by Crippen LogP contribution is -2.42. The van der Waals surface area contributed by atoms with Crippen molar-refractivity contribution in [3.05, 3.63) is 17.2 Å². The van der Waals surface area contributed by atoms with Crippen molar-refractivity contribution in [1.82, 2.24) is 5.32 Å². The van der Waals surface area contributed by atoms with Gasteiger partial charge in [0.05, 0.1) is 19.9 Å². The smallest absolute Gasteiger partial charge is 0.145 e. The highest BCUT2D eigenvalue weighted by atomic mass is 16.5. The highest BCUT2D eigenvalue weighted by Crippen LogP contribution is 2.37. The molecule has 4 nitrogen and oxygen atoms in total. The van der Waals surface area contributed by atoms with Gasteiger partial charge in [-0.15, -0.1) is 0 Å². The van der Waals surface area contributed by atoms with E-state index >= 15 is 0 Å². The number of hydrogen-bond donors (Lipinski definition) is 2. The Morgan fingerprint density at radius 1 is 1.11 bits per heavy atom. The molecule has 0 fully saturated rings. The summed E-state index contributed by atoms with van der Waals surface area (Å²) in [5.41, 5.74) is 3.19. The molecule has 0 saturated heterocycles. The zero-order chi connectivity index (χ0) is 14.6. The third kappa shape index (κ3) is 3.53. The molecule has 0 heterocycles. The minimum absolute atomic E-state index is 0.0109. The molecule has 2 N–H and O–H groups in total. The molecular formula is C15H26N2O2. The summed E-state index contributed by atoms with van der Waals surface area (Å²) in [5, 5.41) is 6.70. The van der Waals surface area contributed by atoms with E-state index in [9.17, 15) is 0 Å². The molecule has 0 aliphatic heterocycles. The quantitative estimate of drug-likeness (QED) is 0.831. The normalized spacial score (nSPS) is 11.3. The van der Waals surface area contributed by atoms with Crippen LogP contribution in [-0.2, 0) is 0 Å². The number of anilines is 1. The number of rotatable bonds is 6. The van der Waals surface area contributed by atoms with Gasteiger partial charge in [-0.1, -0.05) is 0 Å². The van der Waals surface area contributed by atoms with E-state index < -0.39 is 0 Å². The Hall–Kier alpha value is -1.42. The molecule has 0 bridgehead atoms. The predicted molar refractivity (Wildman–Crippen MR) is 80.6 cm³/mol. The molecule has 1 aromatic carbocycles. The monoisotopic (exact) mass is 266 g/mol. The Labute approximate surface area is 116 Å². The Morgan fingerprint density at radius 3 is 2.21 bits per heavy atom. The van der Waals surface area contributed by atoms with Crippen LogP contribution in [0.25, 0.3) is 0 Å². The van der Waals surface area contributed by atoms with Crippen molar-refractivity contribution in [3.8, 4) is 11.5 Å². The second-order valence-electron chi connectivity index (χ2n) is 5.40. The van der Waals surface area contributed by atoms with Gasteiger partial charge in [0.1, 0.15) is 11.5 Å². The highest BCUT2D eigenvalue weighted by Gasteiger charge is 2.18. The standard InChI is InChI=1S/C15H26N2O2/c1-10-11(2)14(19-7)12(8-13(10)18-6)17-9-15(3,4)16-5/h8,16-17H,9H2,1-7H3. The molecular weight excluding hydrogens is 240 g/mol. The first-order valence-electron chi connectivity index (χ1n) is 6.51. The van der Waals surface area contributed by atoms with E-state index in [-0.39, 0.29) is 5.54 Å². The minimum Gasteiger partial charge on any atom is -0.496 e. The molecule has 0 saturated carbocycles. The van der Waals surface area contributed by atoms with E-state index in [1.54, 1.807) is 14.2 Å². The molecule has 108 valence electrons. The topological polar surface area (TPSA) is 42.5 Å². The van der Waals surface area contributed by atoms with E-state index in [4.69, 9.17) is 9.47 Å². The van der Waals surface area contributed by atoms with Crippen LogP contribution in [0.1, 0.15) is 25.0 Å². The minimum atomic E-state index is 0.0109. The van der Waals surface area contributed by atoms with Crippen molar-refractivity contribution in [3.63, 3.8) is 0 Å². The average molecular weight is 266 g/mol. The molecule has 1 aromatic rings. The number of hydrogen-bond acceptors (Lipinski definition) is 4. The van der Waals surface area contributed by atoms with E-state index in [1.165, 1.54) is 0 Å². The molecule has 0 amide bonds. The second-order valence-corrected chi connectivity index (χ2v) is 5.40. The largest absolute Gasteiger partial charge is 0.496 e. The van der Waals surface area contributed by atoms with Gasteiger partial charge < -0.3 is 20.1 Å². The molecule has 0 atom stereocenters. The van der Waals surface area contributed by atoms with E-state index in [1.807, 2.05) is 27.0 Å². The number of ether oxygens (including phenoxy) is 2. The lowest BCUT2D eigenvalue weighted by Gasteiger charge is -2.26. The summed E-state index contributed by atoms with van der Waals surface area (Å²) in [6, 6.07) is 1.99. The lowest BCUT2D eigenvalue weighted by atomic mass is 10.0. The zero-order valence-corrected chi connectivity index (χ0v) is 13.1. The van der Waals surface area contributed by atoms with Gasteiger partial charge in [-0.25, -0.2) is 0 Å². The maximum Gasteiger partial charge on any atom is 0.145 e. The van der Waals surface area contributed by atoms with Crippen LogP contribution in [0.5, 0.6) is 11.5 Å². The SMILES string of the molecule is CNC(C)(C)CNc1cc(OC)c(C)c(C)c1OC. The first kappa shape index (κ1) is 15.6. The van der Waals surface area contributed by atoms with Gasteiger partial charge in [0.25, 0.3) is 0 Å². The Bertz CT molecular complexity index is 442. The molecule has 0 aliphatic carbocycles. The van der Waals surface area contributed by atoms with E-state index in [2.05, 4.69) is 24.5 Å². The Morgan fingerprint density at radius 2 is 1.74 bits per heavy atom. The molecule has 0 radical (unpaired) electrons. The van der Waals surface area contributed by atoms with Gasteiger partial charge in [0.15, 0.2) is 0 Å². The second kappa shape index (κ2) is 6.15. The molecule has 0 aliphatic rings. The summed E-state index contributed by atoms with van der Waals surface area (Å²) in [6.07, 6.45) is 0. The van der Waals surface area contributed by atoms with Crippen molar-refractivity contribution >= 4 is 5.69 Å². The van der Waals surface area contributed by atoms with Crippen LogP contribution in [0, 0.1) is 13.8 Å². The molecule has 0 unspecified atom stereocenters. The summed E-state index contributed by atoms with van der Waals surface area (Å²) in [5.74, 6) is 1.76. The fourth-order valence-electron chi connectivity index (χ4n) is 1.87. The zero-order valence-electron chi connectivity index (χ0n) is 13.1. The predicted octanol–water partition coefficient (Wildman–Crippen LogP) is 2.73. The summed E-state index contributed by atoms with van der Waals surface area (Å²) < 4.78 is 10.9. The van der Waals surface area contributed by atoms with Gasteiger partial charge in [0.2, 0.25) is 0 Å². The van der Waals surface area contributed by atoms with Crippen molar-refractivity contribution in [2.45, 2.75) is 33.2 Å². The first-order valence-corrected chi connectivity index (χ1v) is 6.51. The Balaban J connectivity index is 3.09. The van der Waals surface area contributed by atoms with Crippen molar-refractivity contribution in [2.75, 3.05) is 33.1 Å². The van der Waals surface area contributed by atoms with Crippen LogP contribution in [0.2, 0.25) is 0 Å². The van der Waals surface area contributed by atoms with Crippen LogP contribution < -0.4 is 20.1 Å². The van der Waals surface area contributed by atoms with Crippen LogP contribution in [0.15, 0.2) is 6.07 Å². The molecule has 0 aromatic heterocycles. The lowest BCUT2D eigenvalue weighted by molar-refractivity contribution is 0.398. The third-order valence-corrected chi connectivity index (χ3v) is 3.61. The molecule has 0 spiro atoms. The van der Waals surface area contributed by atoms with Crippen LogP contribution >= 0.6 is 0 Å². The fourth-order valence-corrected chi connectivity index (χ4v) is 1.87. The van der Waals surface area contributed by atoms with Crippen LogP contribution in [0.4, 0.5) is 5.69 Å². The summed E-state index contributed by atoms with van der Waals surface area (Å²) >= 11 is 0. The van der Waals surface area contributed by atoms with Gasteiger partial charge in [-0.3, -0.25) is 0 Å². The number of benzene rings is 1. The number of nitrogens with one attached hydrogen (secondary N) is 2. The van der Waals surface area contributed by atoms with Gasteiger partial charge in [0, 0.05) is 18.2 Å². The third-order valence-electron chi connectivity index (χ3n) is 3.61. The molecule has 19 heavy (non-hydrogen) atoms. The van der Waals surface area contributed by atoms with E-state index in [0.717, 1.165) is 34.9 Å². The first-order chi connectivity index (χ1) is 8.86.